The highest BCUT2D eigenvalue weighted by Crippen LogP contribution is 2.33. The van der Waals surface area contributed by atoms with Gasteiger partial charge >= 0.3 is 5.97 Å². The lowest BCUT2D eigenvalue weighted by Gasteiger charge is -2.22. The van der Waals surface area contributed by atoms with Gasteiger partial charge in [0, 0.05) is 19.5 Å². The van der Waals surface area contributed by atoms with Crippen molar-refractivity contribution in [1.29, 1.82) is 0 Å². The standard InChI is InChI=1S/C23H28N2O5/c1-28-20-8-6-7-16(22(20)29-2)10-12-21(26)24-18-15-17(23(27)30-3)9-11-19(18)25-13-4-5-14-25/h6-9,11,15H,4-5,10,12-14H2,1-3H3,(H,24,26). The van der Waals surface area contributed by atoms with E-state index in [2.05, 4.69) is 10.2 Å². The summed E-state index contributed by atoms with van der Waals surface area (Å²) in [7, 11) is 4.51. The van der Waals surface area contributed by atoms with Crippen LogP contribution in [0.5, 0.6) is 11.5 Å². The zero-order chi connectivity index (χ0) is 21.5. The van der Waals surface area contributed by atoms with E-state index in [9.17, 15) is 9.59 Å². The van der Waals surface area contributed by atoms with Gasteiger partial charge in [0.2, 0.25) is 5.91 Å². The van der Waals surface area contributed by atoms with E-state index in [0.717, 1.165) is 37.2 Å². The largest absolute Gasteiger partial charge is 0.493 e. The van der Waals surface area contributed by atoms with Crippen LogP contribution in [0.3, 0.4) is 0 Å². The highest BCUT2D eigenvalue weighted by molar-refractivity contribution is 5.98. The number of nitrogens with one attached hydrogen (secondary N) is 1. The van der Waals surface area contributed by atoms with Crippen LogP contribution in [0.2, 0.25) is 0 Å². The smallest absolute Gasteiger partial charge is 0.337 e. The van der Waals surface area contributed by atoms with Crippen LogP contribution >= 0.6 is 0 Å². The van der Waals surface area contributed by atoms with Gasteiger partial charge in [-0.1, -0.05) is 12.1 Å². The molecule has 7 nitrogen and oxygen atoms in total. The molecule has 160 valence electrons. The van der Waals surface area contributed by atoms with Crippen molar-refractivity contribution in [2.75, 3.05) is 44.6 Å². The first-order chi connectivity index (χ1) is 14.6. The summed E-state index contributed by atoms with van der Waals surface area (Å²) in [6.45, 7) is 1.86. The molecule has 0 aliphatic carbocycles. The number of hydrogen-bond acceptors (Lipinski definition) is 6. The maximum Gasteiger partial charge on any atom is 0.337 e. The second-order valence-corrected chi connectivity index (χ2v) is 7.12. The van der Waals surface area contributed by atoms with Crippen molar-refractivity contribution in [3.05, 3.63) is 47.5 Å². The highest BCUT2D eigenvalue weighted by Gasteiger charge is 2.19. The summed E-state index contributed by atoms with van der Waals surface area (Å²) in [5, 5.41) is 2.98. The van der Waals surface area contributed by atoms with E-state index in [1.807, 2.05) is 24.3 Å². The number of anilines is 2. The summed E-state index contributed by atoms with van der Waals surface area (Å²) >= 11 is 0. The molecule has 1 fully saturated rings. The number of methoxy groups -OCH3 is 3. The molecule has 0 bridgehead atoms. The van der Waals surface area contributed by atoms with E-state index in [4.69, 9.17) is 14.2 Å². The topological polar surface area (TPSA) is 77.1 Å². The second kappa shape index (κ2) is 10.0. The number of rotatable bonds is 8. The molecule has 1 heterocycles. The Hall–Kier alpha value is -3.22. The minimum absolute atomic E-state index is 0.137. The first-order valence-corrected chi connectivity index (χ1v) is 10.0. The van der Waals surface area contributed by atoms with Gasteiger partial charge in [-0.25, -0.2) is 4.79 Å². The average Bonchev–Trinajstić information content (AvgIpc) is 3.31. The van der Waals surface area contributed by atoms with Crippen molar-refractivity contribution < 1.29 is 23.8 Å². The number of nitrogens with zero attached hydrogens (tertiary/aromatic N) is 1. The maximum atomic E-state index is 12.7. The molecular weight excluding hydrogens is 384 g/mol. The number of benzene rings is 2. The van der Waals surface area contributed by atoms with Crippen LogP contribution in [0.15, 0.2) is 36.4 Å². The predicted molar refractivity (Wildman–Crippen MR) is 116 cm³/mol. The fourth-order valence-corrected chi connectivity index (χ4v) is 3.73. The Morgan fingerprint density at radius 2 is 1.80 bits per heavy atom. The van der Waals surface area contributed by atoms with E-state index in [1.54, 1.807) is 26.4 Å². The molecule has 1 amide bonds. The van der Waals surface area contributed by atoms with E-state index in [-0.39, 0.29) is 12.3 Å². The molecule has 0 aromatic heterocycles. The number of carbonyl (C=O) groups is 2. The van der Waals surface area contributed by atoms with Gasteiger partial charge in [-0.2, -0.15) is 0 Å². The fourth-order valence-electron chi connectivity index (χ4n) is 3.73. The zero-order valence-electron chi connectivity index (χ0n) is 17.7. The Balaban J connectivity index is 1.76. The molecule has 0 unspecified atom stereocenters. The summed E-state index contributed by atoms with van der Waals surface area (Å²) in [6, 6.07) is 10.9. The van der Waals surface area contributed by atoms with E-state index < -0.39 is 5.97 Å². The summed E-state index contributed by atoms with van der Waals surface area (Å²) in [5.41, 5.74) is 2.86. The summed E-state index contributed by atoms with van der Waals surface area (Å²) in [4.78, 5) is 26.9. The summed E-state index contributed by atoms with van der Waals surface area (Å²) in [6.07, 6.45) is 3.00. The summed E-state index contributed by atoms with van der Waals surface area (Å²) in [5.74, 6) is 0.706. The molecule has 30 heavy (non-hydrogen) atoms. The van der Waals surface area contributed by atoms with E-state index in [0.29, 0.717) is 29.2 Å². The molecule has 1 saturated heterocycles. The van der Waals surface area contributed by atoms with Crippen LogP contribution in [-0.2, 0) is 16.0 Å². The number of amides is 1. The Labute approximate surface area is 176 Å². The molecule has 0 atom stereocenters. The molecule has 0 saturated carbocycles. The third kappa shape index (κ3) is 4.84. The van der Waals surface area contributed by atoms with Crippen molar-refractivity contribution in [3.63, 3.8) is 0 Å². The van der Waals surface area contributed by atoms with Crippen molar-refractivity contribution >= 4 is 23.3 Å². The van der Waals surface area contributed by atoms with Gasteiger partial charge in [0.05, 0.1) is 38.3 Å². The molecule has 1 N–H and O–H groups in total. The lowest BCUT2D eigenvalue weighted by Crippen LogP contribution is -2.22. The van der Waals surface area contributed by atoms with Crippen LogP contribution in [0.4, 0.5) is 11.4 Å². The Morgan fingerprint density at radius 3 is 2.47 bits per heavy atom. The molecule has 0 radical (unpaired) electrons. The van der Waals surface area contributed by atoms with E-state index in [1.165, 1.54) is 7.11 Å². The van der Waals surface area contributed by atoms with Gasteiger partial charge in [0.1, 0.15) is 0 Å². The monoisotopic (exact) mass is 412 g/mol. The Kier molecular flexibility index (Phi) is 7.17. The Bertz CT molecular complexity index is 906. The van der Waals surface area contributed by atoms with Gasteiger partial charge in [-0.05, 0) is 49.1 Å². The number of hydrogen-bond donors (Lipinski definition) is 1. The quantitative estimate of drug-likeness (QED) is 0.667. The molecule has 1 aliphatic rings. The number of carbonyl (C=O) groups excluding carboxylic acids is 2. The number of esters is 1. The number of para-hydroxylation sites is 1. The van der Waals surface area contributed by atoms with Crippen molar-refractivity contribution in [3.8, 4) is 11.5 Å². The molecular formula is C23H28N2O5. The molecule has 3 rings (SSSR count). The van der Waals surface area contributed by atoms with Crippen LogP contribution in [0.25, 0.3) is 0 Å². The lowest BCUT2D eigenvalue weighted by atomic mass is 10.1. The van der Waals surface area contributed by atoms with Crippen LogP contribution < -0.4 is 19.7 Å². The van der Waals surface area contributed by atoms with Crippen LogP contribution in [0.1, 0.15) is 35.2 Å². The zero-order valence-corrected chi connectivity index (χ0v) is 17.7. The molecule has 2 aromatic rings. The van der Waals surface area contributed by atoms with Gasteiger partial charge in [-0.15, -0.1) is 0 Å². The minimum Gasteiger partial charge on any atom is -0.493 e. The molecule has 2 aromatic carbocycles. The second-order valence-electron chi connectivity index (χ2n) is 7.12. The van der Waals surface area contributed by atoms with Crippen molar-refractivity contribution in [2.24, 2.45) is 0 Å². The normalized spacial score (nSPS) is 13.1. The predicted octanol–water partition coefficient (Wildman–Crippen LogP) is 3.66. The van der Waals surface area contributed by atoms with Crippen LogP contribution in [-0.4, -0.2) is 46.3 Å². The van der Waals surface area contributed by atoms with Crippen LogP contribution in [0, 0.1) is 0 Å². The van der Waals surface area contributed by atoms with Gasteiger partial charge in [0.15, 0.2) is 11.5 Å². The van der Waals surface area contributed by atoms with E-state index >= 15 is 0 Å². The molecule has 0 spiro atoms. The Morgan fingerprint density at radius 1 is 1.03 bits per heavy atom. The highest BCUT2D eigenvalue weighted by atomic mass is 16.5. The van der Waals surface area contributed by atoms with Gasteiger partial charge in [0.25, 0.3) is 0 Å². The number of aryl methyl sites for hydroxylation is 1. The first kappa shape index (κ1) is 21.5. The maximum absolute atomic E-state index is 12.7. The molecule has 1 aliphatic heterocycles. The lowest BCUT2D eigenvalue weighted by molar-refractivity contribution is -0.116. The third-order valence-electron chi connectivity index (χ3n) is 5.24. The molecule has 7 heteroatoms. The van der Waals surface area contributed by atoms with Gasteiger partial charge < -0.3 is 24.4 Å². The van der Waals surface area contributed by atoms with Crippen molar-refractivity contribution in [1.82, 2.24) is 0 Å². The first-order valence-electron chi connectivity index (χ1n) is 10.0. The number of ether oxygens (including phenoxy) is 3. The SMILES string of the molecule is COC(=O)c1ccc(N2CCCC2)c(NC(=O)CCc2cccc(OC)c2OC)c1. The third-order valence-corrected chi connectivity index (χ3v) is 5.24. The summed E-state index contributed by atoms with van der Waals surface area (Å²) < 4.78 is 15.6. The fraction of sp³-hybridized carbons (Fsp3) is 0.391. The minimum atomic E-state index is -0.431. The average molecular weight is 412 g/mol. The van der Waals surface area contributed by atoms with Gasteiger partial charge in [-0.3, -0.25) is 4.79 Å². The van der Waals surface area contributed by atoms with Crippen molar-refractivity contribution in [2.45, 2.75) is 25.7 Å².